The van der Waals surface area contributed by atoms with Crippen LogP contribution in [0.4, 0.5) is 11.4 Å². The zero-order valence-electron chi connectivity index (χ0n) is 14.4. The SMILES string of the molecule is CC12CCCCC1(C)N(c1ccccc1)c1ccc(B(O)O)cc12. The van der Waals surface area contributed by atoms with Crippen molar-refractivity contribution in [3.05, 3.63) is 54.1 Å². The maximum atomic E-state index is 9.62. The van der Waals surface area contributed by atoms with Crippen LogP contribution in [0.25, 0.3) is 0 Å². The molecular formula is C20H24BNO2. The molecule has 1 heterocycles. The molecule has 2 aromatic rings. The Balaban J connectivity index is 1.96. The molecule has 0 radical (unpaired) electrons. The van der Waals surface area contributed by atoms with Gasteiger partial charge in [0, 0.05) is 16.8 Å². The van der Waals surface area contributed by atoms with Gasteiger partial charge in [0.25, 0.3) is 0 Å². The first kappa shape index (κ1) is 15.7. The van der Waals surface area contributed by atoms with E-state index in [-0.39, 0.29) is 11.0 Å². The fourth-order valence-electron chi connectivity index (χ4n) is 4.89. The van der Waals surface area contributed by atoms with Crippen LogP contribution in [0, 0.1) is 0 Å². The predicted molar refractivity (Wildman–Crippen MR) is 99.1 cm³/mol. The summed E-state index contributed by atoms with van der Waals surface area (Å²) >= 11 is 0. The van der Waals surface area contributed by atoms with Crippen molar-refractivity contribution in [2.24, 2.45) is 0 Å². The Kier molecular flexibility index (Phi) is 3.52. The second-order valence-corrected chi connectivity index (χ2v) is 7.63. The van der Waals surface area contributed by atoms with Crippen LogP contribution in [-0.2, 0) is 5.41 Å². The highest BCUT2D eigenvalue weighted by Gasteiger charge is 2.57. The van der Waals surface area contributed by atoms with Crippen molar-refractivity contribution in [2.45, 2.75) is 50.5 Å². The second kappa shape index (κ2) is 5.37. The molecule has 3 nitrogen and oxygen atoms in total. The molecule has 0 aromatic heterocycles. The predicted octanol–water partition coefficient (Wildman–Crippen LogP) is 3.11. The molecule has 4 heteroatoms. The zero-order valence-corrected chi connectivity index (χ0v) is 14.4. The summed E-state index contributed by atoms with van der Waals surface area (Å²) in [5.74, 6) is 0. The molecule has 0 saturated heterocycles. The van der Waals surface area contributed by atoms with E-state index < -0.39 is 7.12 Å². The lowest BCUT2D eigenvalue weighted by Crippen LogP contribution is -2.54. The van der Waals surface area contributed by atoms with Gasteiger partial charge in [0.2, 0.25) is 0 Å². The van der Waals surface area contributed by atoms with Gasteiger partial charge in [-0.25, -0.2) is 0 Å². The molecule has 124 valence electrons. The number of rotatable bonds is 2. The highest BCUT2D eigenvalue weighted by atomic mass is 16.4. The number of nitrogens with zero attached hydrogens (tertiary/aromatic N) is 1. The summed E-state index contributed by atoms with van der Waals surface area (Å²) < 4.78 is 0. The Hall–Kier alpha value is -1.78. The lowest BCUT2D eigenvalue weighted by atomic mass is 9.61. The van der Waals surface area contributed by atoms with Crippen molar-refractivity contribution in [2.75, 3.05) is 4.90 Å². The number of anilines is 2. The average molecular weight is 321 g/mol. The molecule has 2 aliphatic rings. The summed E-state index contributed by atoms with van der Waals surface area (Å²) in [5.41, 5.74) is 4.27. The van der Waals surface area contributed by atoms with Crippen LogP contribution >= 0.6 is 0 Å². The van der Waals surface area contributed by atoms with Gasteiger partial charge in [0.1, 0.15) is 0 Å². The summed E-state index contributed by atoms with van der Waals surface area (Å²) in [4.78, 5) is 2.48. The minimum absolute atomic E-state index is 0.00790. The fraction of sp³-hybridized carbons (Fsp3) is 0.400. The molecule has 4 rings (SSSR count). The van der Waals surface area contributed by atoms with Gasteiger partial charge in [-0.2, -0.15) is 0 Å². The van der Waals surface area contributed by atoms with Gasteiger partial charge in [0.15, 0.2) is 0 Å². The Morgan fingerprint density at radius 2 is 1.67 bits per heavy atom. The number of benzene rings is 2. The summed E-state index contributed by atoms with van der Waals surface area (Å²) in [5, 5.41) is 19.2. The molecular weight excluding hydrogens is 297 g/mol. The number of fused-ring (bicyclic) bond motifs is 3. The molecule has 0 bridgehead atoms. The van der Waals surface area contributed by atoms with Crippen molar-refractivity contribution in [3.8, 4) is 0 Å². The maximum absolute atomic E-state index is 9.62. The molecule has 1 aliphatic heterocycles. The summed E-state index contributed by atoms with van der Waals surface area (Å²) in [7, 11) is -1.42. The number of para-hydroxylation sites is 1. The van der Waals surface area contributed by atoms with E-state index in [1.54, 1.807) is 0 Å². The van der Waals surface area contributed by atoms with Crippen LogP contribution < -0.4 is 10.4 Å². The van der Waals surface area contributed by atoms with E-state index in [1.807, 2.05) is 18.2 Å². The highest BCUT2D eigenvalue weighted by Crippen LogP contribution is 2.60. The molecule has 1 fully saturated rings. The van der Waals surface area contributed by atoms with Crippen molar-refractivity contribution >= 4 is 24.0 Å². The fourth-order valence-corrected chi connectivity index (χ4v) is 4.89. The zero-order chi connectivity index (χ0) is 16.9. The topological polar surface area (TPSA) is 43.7 Å². The van der Waals surface area contributed by atoms with E-state index in [0.29, 0.717) is 5.46 Å². The first-order valence-electron chi connectivity index (χ1n) is 8.83. The van der Waals surface area contributed by atoms with Gasteiger partial charge in [-0.05, 0) is 49.0 Å². The number of hydrogen-bond donors (Lipinski definition) is 2. The Morgan fingerprint density at radius 3 is 2.38 bits per heavy atom. The van der Waals surface area contributed by atoms with E-state index in [1.165, 1.54) is 29.8 Å². The van der Waals surface area contributed by atoms with Gasteiger partial charge >= 0.3 is 7.12 Å². The van der Waals surface area contributed by atoms with Crippen molar-refractivity contribution < 1.29 is 10.0 Å². The molecule has 1 saturated carbocycles. The molecule has 2 N–H and O–H groups in total. The Morgan fingerprint density at radius 1 is 0.958 bits per heavy atom. The number of hydrogen-bond acceptors (Lipinski definition) is 3. The van der Waals surface area contributed by atoms with Gasteiger partial charge in [-0.3, -0.25) is 0 Å². The maximum Gasteiger partial charge on any atom is 0.488 e. The summed E-state index contributed by atoms with van der Waals surface area (Å²) in [6.07, 6.45) is 4.73. The van der Waals surface area contributed by atoms with Crippen molar-refractivity contribution in [3.63, 3.8) is 0 Å². The third-order valence-electron chi connectivity index (χ3n) is 6.44. The summed E-state index contributed by atoms with van der Waals surface area (Å²) in [6, 6.07) is 16.5. The average Bonchev–Trinajstić information content (AvgIpc) is 2.79. The minimum Gasteiger partial charge on any atom is -0.423 e. The molecule has 24 heavy (non-hydrogen) atoms. The first-order valence-corrected chi connectivity index (χ1v) is 8.83. The van der Waals surface area contributed by atoms with Crippen LogP contribution in [0.1, 0.15) is 45.1 Å². The smallest absolute Gasteiger partial charge is 0.423 e. The lowest BCUT2D eigenvalue weighted by Gasteiger charge is -2.50. The lowest BCUT2D eigenvalue weighted by molar-refractivity contribution is 0.195. The minimum atomic E-state index is -1.42. The second-order valence-electron chi connectivity index (χ2n) is 7.63. The molecule has 1 aliphatic carbocycles. The van der Waals surface area contributed by atoms with Gasteiger partial charge < -0.3 is 14.9 Å². The largest absolute Gasteiger partial charge is 0.488 e. The first-order chi connectivity index (χ1) is 11.5. The molecule has 0 amide bonds. The van der Waals surface area contributed by atoms with Gasteiger partial charge in [-0.15, -0.1) is 0 Å². The van der Waals surface area contributed by atoms with Crippen LogP contribution in [-0.4, -0.2) is 22.7 Å². The van der Waals surface area contributed by atoms with E-state index in [0.717, 1.165) is 12.8 Å². The van der Waals surface area contributed by atoms with E-state index in [9.17, 15) is 10.0 Å². The van der Waals surface area contributed by atoms with E-state index in [2.05, 4.69) is 49.1 Å². The van der Waals surface area contributed by atoms with Crippen LogP contribution in [0.5, 0.6) is 0 Å². The quantitative estimate of drug-likeness (QED) is 0.836. The van der Waals surface area contributed by atoms with E-state index >= 15 is 0 Å². The van der Waals surface area contributed by atoms with E-state index in [4.69, 9.17) is 0 Å². The summed E-state index contributed by atoms with van der Waals surface area (Å²) in [6.45, 7) is 4.72. The monoisotopic (exact) mass is 321 g/mol. The standard InChI is InChI=1S/C20H24BNO2/c1-19-12-6-7-13-20(19,2)22(16-8-4-3-5-9-16)18-11-10-15(21(23)24)14-17(18)19/h3-5,8-11,14,23-24H,6-7,12-13H2,1-2H3. The molecule has 2 atom stereocenters. The van der Waals surface area contributed by atoms with Gasteiger partial charge in [0.05, 0.1) is 5.54 Å². The Bertz CT molecular complexity index is 763. The van der Waals surface area contributed by atoms with Crippen molar-refractivity contribution in [1.29, 1.82) is 0 Å². The Labute approximate surface area is 144 Å². The van der Waals surface area contributed by atoms with Crippen LogP contribution in [0.3, 0.4) is 0 Å². The highest BCUT2D eigenvalue weighted by molar-refractivity contribution is 6.58. The third-order valence-corrected chi connectivity index (χ3v) is 6.44. The molecule has 2 aromatic carbocycles. The van der Waals surface area contributed by atoms with Crippen molar-refractivity contribution in [1.82, 2.24) is 0 Å². The third kappa shape index (κ3) is 1.99. The van der Waals surface area contributed by atoms with Crippen LogP contribution in [0.15, 0.2) is 48.5 Å². The molecule has 2 unspecified atom stereocenters. The van der Waals surface area contributed by atoms with Gasteiger partial charge in [-0.1, -0.05) is 50.1 Å². The normalized spacial score (nSPS) is 28.4. The molecule has 0 spiro atoms. The van der Waals surface area contributed by atoms with Crippen LogP contribution in [0.2, 0.25) is 0 Å².